The Kier molecular flexibility index (Phi) is 2.60. The van der Waals surface area contributed by atoms with E-state index >= 15 is 0 Å². The van der Waals surface area contributed by atoms with Gasteiger partial charge in [0.15, 0.2) is 5.03 Å². The van der Waals surface area contributed by atoms with Crippen molar-refractivity contribution >= 4 is 10.2 Å². The van der Waals surface area contributed by atoms with E-state index in [2.05, 4.69) is 9.97 Å². The first-order valence-electron chi connectivity index (χ1n) is 3.68. The van der Waals surface area contributed by atoms with Gasteiger partial charge < -0.3 is 0 Å². The lowest BCUT2D eigenvalue weighted by atomic mass is 10.1. The molecule has 0 saturated heterocycles. The van der Waals surface area contributed by atoms with Gasteiger partial charge in [-0.05, 0) is 5.92 Å². The first-order valence-corrected chi connectivity index (χ1v) is 5.06. The van der Waals surface area contributed by atoms with Crippen molar-refractivity contribution in [3.63, 3.8) is 0 Å². The highest BCUT2D eigenvalue weighted by Gasteiger charge is 2.15. The minimum Gasteiger partial charge on any atom is -0.241 e. The molecular formula is C7H9FN2O2S. The molecule has 6 heteroatoms. The molecule has 1 aromatic heterocycles. The number of rotatable bonds is 2. The standard InChI is InChI=1S/C7H9FN2O2S/c1-5(2)6-3-7(10-4-9-6)13(8,11)12/h3-5H,1-2H3. The van der Waals surface area contributed by atoms with E-state index in [4.69, 9.17) is 0 Å². The Morgan fingerprint density at radius 2 is 2.00 bits per heavy atom. The molecule has 1 heterocycles. The van der Waals surface area contributed by atoms with Crippen LogP contribution in [0.1, 0.15) is 25.5 Å². The molecule has 0 aliphatic carbocycles. The third-order valence-electron chi connectivity index (χ3n) is 1.50. The molecule has 1 aromatic rings. The van der Waals surface area contributed by atoms with Crippen LogP contribution in [0.25, 0.3) is 0 Å². The summed E-state index contributed by atoms with van der Waals surface area (Å²) in [4.78, 5) is 7.13. The number of aromatic nitrogens is 2. The Morgan fingerprint density at radius 3 is 2.46 bits per heavy atom. The average Bonchev–Trinajstić information content (AvgIpc) is 2.03. The van der Waals surface area contributed by atoms with Crippen LogP contribution >= 0.6 is 0 Å². The largest absolute Gasteiger partial charge is 0.349 e. The summed E-state index contributed by atoms with van der Waals surface area (Å²) in [6.07, 6.45) is 1.04. The van der Waals surface area contributed by atoms with Crippen LogP contribution in [-0.2, 0) is 10.2 Å². The normalized spacial score (nSPS) is 12.0. The molecule has 0 radical (unpaired) electrons. The predicted molar refractivity (Wildman–Crippen MR) is 44.4 cm³/mol. The van der Waals surface area contributed by atoms with E-state index in [1.807, 2.05) is 13.8 Å². The molecule has 0 fully saturated rings. The van der Waals surface area contributed by atoms with Crippen molar-refractivity contribution in [1.82, 2.24) is 9.97 Å². The van der Waals surface area contributed by atoms with Gasteiger partial charge in [-0.3, -0.25) is 0 Å². The van der Waals surface area contributed by atoms with Gasteiger partial charge in [0.05, 0.1) is 0 Å². The molecule has 0 atom stereocenters. The molecule has 0 amide bonds. The Balaban J connectivity index is 3.21. The van der Waals surface area contributed by atoms with Crippen molar-refractivity contribution in [2.75, 3.05) is 0 Å². The zero-order valence-corrected chi connectivity index (χ0v) is 8.05. The first kappa shape index (κ1) is 10.0. The minimum atomic E-state index is -4.71. The molecular weight excluding hydrogens is 195 g/mol. The summed E-state index contributed by atoms with van der Waals surface area (Å²) in [6.45, 7) is 3.66. The van der Waals surface area contributed by atoms with Gasteiger partial charge in [-0.25, -0.2) is 9.97 Å². The zero-order chi connectivity index (χ0) is 10.1. The van der Waals surface area contributed by atoms with Crippen molar-refractivity contribution in [1.29, 1.82) is 0 Å². The van der Waals surface area contributed by atoms with Crippen LogP contribution in [0.3, 0.4) is 0 Å². The molecule has 0 aliphatic heterocycles. The SMILES string of the molecule is CC(C)c1cc(S(=O)(=O)F)ncn1. The van der Waals surface area contributed by atoms with Crippen LogP contribution in [0.15, 0.2) is 17.4 Å². The van der Waals surface area contributed by atoms with E-state index in [0.717, 1.165) is 12.4 Å². The number of nitrogens with zero attached hydrogens (tertiary/aromatic N) is 2. The second-order valence-corrected chi connectivity index (χ2v) is 4.17. The fourth-order valence-electron chi connectivity index (χ4n) is 0.803. The van der Waals surface area contributed by atoms with Gasteiger partial charge in [0.25, 0.3) is 0 Å². The quantitative estimate of drug-likeness (QED) is 0.537. The average molecular weight is 204 g/mol. The highest BCUT2D eigenvalue weighted by molar-refractivity contribution is 7.86. The summed E-state index contributed by atoms with van der Waals surface area (Å²) in [5.41, 5.74) is 0.506. The van der Waals surface area contributed by atoms with Gasteiger partial charge in [0.1, 0.15) is 6.33 Å². The van der Waals surface area contributed by atoms with E-state index in [9.17, 15) is 12.3 Å². The highest BCUT2D eigenvalue weighted by Crippen LogP contribution is 2.14. The minimum absolute atomic E-state index is 0.0449. The second kappa shape index (κ2) is 3.37. The molecule has 0 N–H and O–H groups in total. The fraction of sp³-hybridized carbons (Fsp3) is 0.429. The van der Waals surface area contributed by atoms with Gasteiger partial charge in [-0.15, -0.1) is 0 Å². The molecule has 72 valence electrons. The van der Waals surface area contributed by atoms with Gasteiger partial charge in [0.2, 0.25) is 0 Å². The van der Waals surface area contributed by atoms with E-state index < -0.39 is 15.2 Å². The lowest BCUT2D eigenvalue weighted by Crippen LogP contribution is -2.00. The van der Waals surface area contributed by atoms with Crippen molar-refractivity contribution in [3.8, 4) is 0 Å². The van der Waals surface area contributed by atoms with E-state index in [1.165, 1.54) is 0 Å². The van der Waals surface area contributed by atoms with Crippen molar-refractivity contribution in [2.45, 2.75) is 24.8 Å². The van der Waals surface area contributed by atoms with Crippen LogP contribution in [0.2, 0.25) is 0 Å². The Hall–Kier alpha value is -1.04. The monoisotopic (exact) mass is 204 g/mol. The van der Waals surface area contributed by atoms with Crippen LogP contribution in [0.4, 0.5) is 3.89 Å². The van der Waals surface area contributed by atoms with Crippen LogP contribution in [-0.4, -0.2) is 18.4 Å². The molecule has 0 spiro atoms. The predicted octanol–water partition coefficient (Wildman–Crippen LogP) is 1.26. The molecule has 4 nitrogen and oxygen atoms in total. The van der Waals surface area contributed by atoms with Gasteiger partial charge >= 0.3 is 10.2 Å². The van der Waals surface area contributed by atoms with E-state index in [0.29, 0.717) is 5.69 Å². The Bertz CT molecular complexity index is 403. The van der Waals surface area contributed by atoms with E-state index in [-0.39, 0.29) is 5.92 Å². The Labute approximate surface area is 76.1 Å². The smallest absolute Gasteiger partial charge is 0.241 e. The van der Waals surface area contributed by atoms with Crippen LogP contribution in [0.5, 0.6) is 0 Å². The molecule has 13 heavy (non-hydrogen) atoms. The zero-order valence-electron chi connectivity index (χ0n) is 7.23. The molecule has 0 unspecified atom stereocenters. The summed E-state index contributed by atoms with van der Waals surface area (Å²) in [6, 6.07) is 1.14. The van der Waals surface area contributed by atoms with E-state index in [1.54, 1.807) is 0 Å². The summed E-state index contributed by atoms with van der Waals surface area (Å²) in [5, 5.41) is -0.578. The number of hydrogen-bond donors (Lipinski definition) is 0. The molecule has 0 saturated carbocycles. The lowest BCUT2D eigenvalue weighted by molar-refractivity contribution is 0.546. The number of halogens is 1. The molecule has 0 bridgehead atoms. The van der Waals surface area contributed by atoms with Gasteiger partial charge in [0, 0.05) is 11.8 Å². The second-order valence-electron chi connectivity index (χ2n) is 2.87. The van der Waals surface area contributed by atoms with Crippen LogP contribution < -0.4 is 0 Å². The highest BCUT2D eigenvalue weighted by atomic mass is 32.3. The third kappa shape index (κ3) is 2.45. The summed E-state index contributed by atoms with van der Waals surface area (Å²) in [7, 11) is -4.71. The summed E-state index contributed by atoms with van der Waals surface area (Å²) < 4.78 is 33.3. The third-order valence-corrected chi connectivity index (χ3v) is 2.23. The molecule has 0 aromatic carbocycles. The summed E-state index contributed by atoms with van der Waals surface area (Å²) in [5.74, 6) is 0.0449. The number of hydrogen-bond acceptors (Lipinski definition) is 4. The maximum atomic E-state index is 12.4. The maximum absolute atomic E-state index is 12.4. The van der Waals surface area contributed by atoms with Crippen molar-refractivity contribution in [2.24, 2.45) is 0 Å². The van der Waals surface area contributed by atoms with Crippen molar-refractivity contribution < 1.29 is 12.3 Å². The molecule has 1 rings (SSSR count). The topological polar surface area (TPSA) is 59.9 Å². The molecule has 0 aliphatic rings. The van der Waals surface area contributed by atoms with Crippen molar-refractivity contribution in [3.05, 3.63) is 18.1 Å². The van der Waals surface area contributed by atoms with Crippen LogP contribution in [0, 0.1) is 0 Å². The Morgan fingerprint density at radius 1 is 1.38 bits per heavy atom. The fourth-order valence-corrected chi connectivity index (χ4v) is 1.24. The first-order chi connectivity index (χ1) is 5.91. The lowest BCUT2D eigenvalue weighted by Gasteiger charge is -2.02. The maximum Gasteiger partial charge on any atom is 0.349 e. The van der Waals surface area contributed by atoms with Gasteiger partial charge in [-0.1, -0.05) is 17.7 Å². The summed E-state index contributed by atoms with van der Waals surface area (Å²) >= 11 is 0. The van der Waals surface area contributed by atoms with Gasteiger partial charge in [-0.2, -0.15) is 8.42 Å².